The molecule has 12 aromatic rings. The molecule has 0 saturated heterocycles. The fraction of sp³-hybridized carbons (Fsp3) is 0.0154. The number of para-hydroxylation sites is 2. The average molecular weight is 853 g/mol. The van der Waals surface area contributed by atoms with Crippen molar-refractivity contribution in [3.05, 3.63) is 289 Å². The second-order valence-electron chi connectivity index (χ2n) is 17.7. The number of hydrogen-bond acceptors (Lipinski definition) is 1. The number of nitrogens with zero attached hydrogens (tertiary/aromatic N) is 2. The van der Waals surface area contributed by atoms with Crippen LogP contribution in [0.5, 0.6) is 0 Å². The molecule has 67 heavy (non-hydrogen) atoms. The number of benzene rings is 11. The summed E-state index contributed by atoms with van der Waals surface area (Å²) >= 11 is 0. The van der Waals surface area contributed by atoms with E-state index < -0.39 is 5.41 Å². The second kappa shape index (κ2) is 15.8. The largest absolute Gasteiger partial charge is 0.310 e. The fourth-order valence-corrected chi connectivity index (χ4v) is 11.0. The van der Waals surface area contributed by atoms with E-state index in [1.165, 1.54) is 93.9 Å². The molecular weight excluding hydrogens is 809 g/mol. The van der Waals surface area contributed by atoms with E-state index in [1.54, 1.807) is 0 Å². The van der Waals surface area contributed by atoms with Crippen molar-refractivity contribution in [2.24, 2.45) is 0 Å². The van der Waals surface area contributed by atoms with Gasteiger partial charge in [-0.2, -0.15) is 0 Å². The van der Waals surface area contributed by atoms with Gasteiger partial charge in [0.05, 0.1) is 16.4 Å². The van der Waals surface area contributed by atoms with Crippen molar-refractivity contribution < 1.29 is 0 Å². The first kappa shape index (κ1) is 38.7. The molecule has 13 rings (SSSR count). The lowest BCUT2D eigenvalue weighted by molar-refractivity contribution is 0.768. The normalized spacial score (nSPS) is 12.6. The second-order valence-corrected chi connectivity index (χ2v) is 17.7. The predicted octanol–water partition coefficient (Wildman–Crippen LogP) is 17.1. The van der Waals surface area contributed by atoms with Gasteiger partial charge in [0.15, 0.2) is 0 Å². The molecule has 0 bridgehead atoms. The van der Waals surface area contributed by atoms with Gasteiger partial charge in [-0.3, -0.25) is 0 Å². The standard InChI is InChI=1S/C65H44N2/c1-5-17-45(18-6-1)46-31-35-54(36-32-46)66(56-38-39-58-57-25-13-15-27-61(57)65(62(58)44-56,51-19-7-2-8-20-51)52-21-9-3-10-22-52)55-37-33-48-41-47(29-30-49(48)42-55)50-34-40-64-60(43-50)59-26-14-16-28-63(59)67(64)53-23-11-4-12-24-53/h1-44H. The fourth-order valence-electron chi connectivity index (χ4n) is 11.0. The van der Waals surface area contributed by atoms with Gasteiger partial charge in [0, 0.05) is 33.5 Å². The van der Waals surface area contributed by atoms with E-state index >= 15 is 0 Å². The average Bonchev–Trinajstić information content (AvgIpc) is 3.90. The van der Waals surface area contributed by atoms with Gasteiger partial charge in [-0.25, -0.2) is 0 Å². The Morgan fingerprint density at radius 3 is 1.57 bits per heavy atom. The van der Waals surface area contributed by atoms with Gasteiger partial charge < -0.3 is 9.47 Å². The van der Waals surface area contributed by atoms with Crippen molar-refractivity contribution in [1.29, 1.82) is 0 Å². The Labute approximate surface area is 390 Å². The van der Waals surface area contributed by atoms with Gasteiger partial charge in [0.25, 0.3) is 0 Å². The van der Waals surface area contributed by atoms with Crippen LogP contribution in [0, 0.1) is 0 Å². The summed E-state index contributed by atoms with van der Waals surface area (Å²) in [5.41, 5.74) is 18.8. The van der Waals surface area contributed by atoms with Crippen LogP contribution in [-0.4, -0.2) is 4.57 Å². The minimum absolute atomic E-state index is 0.507. The highest BCUT2D eigenvalue weighted by Crippen LogP contribution is 2.57. The third-order valence-corrected chi connectivity index (χ3v) is 14.0. The highest BCUT2D eigenvalue weighted by molar-refractivity contribution is 6.10. The molecule has 0 spiro atoms. The third-order valence-electron chi connectivity index (χ3n) is 14.0. The summed E-state index contributed by atoms with van der Waals surface area (Å²) in [5, 5.41) is 4.89. The van der Waals surface area contributed by atoms with E-state index in [-0.39, 0.29) is 0 Å². The summed E-state index contributed by atoms with van der Waals surface area (Å²) in [6.45, 7) is 0. The Morgan fingerprint density at radius 1 is 0.299 bits per heavy atom. The lowest BCUT2D eigenvalue weighted by Crippen LogP contribution is -2.28. The Balaban J connectivity index is 0.956. The monoisotopic (exact) mass is 852 g/mol. The van der Waals surface area contributed by atoms with E-state index in [1.807, 2.05) is 0 Å². The van der Waals surface area contributed by atoms with Crippen LogP contribution in [0.1, 0.15) is 22.3 Å². The minimum Gasteiger partial charge on any atom is -0.310 e. The maximum absolute atomic E-state index is 2.46. The summed E-state index contributed by atoms with van der Waals surface area (Å²) < 4.78 is 2.38. The van der Waals surface area contributed by atoms with E-state index in [0.29, 0.717) is 0 Å². The molecule has 1 aromatic heterocycles. The van der Waals surface area contributed by atoms with Gasteiger partial charge in [0.1, 0.15) is 0 Å². The van der Waals surface area contributed by atoms with Crippen molar-refractivity contribution in [2.75, 3.05) is 4.90 Å². The molecule has 0 N–H and O–H groups in total. The van der Waals surface area contributed by atoms with Crippen LogP contribution in [0.2, 0.25) is 0 Å². The zero-order chi connectivity index (χ0) is 44.3. The molecule has 2 heteroatoms. The molecule has 11 aromatic carbocycles. The van der Waals surface area contributed by atoms with E-state index in [2.05, 4.69) is 276 Å². The first-order valence-electron chi connectivity index (χ1n) is 23.2. The lowest BCUT2D eigenvalue weighted by atomic mass is 9.67. The third kappa shape index (κ3) is 6.26. The van der Waals surface area contributed by atoms with E-state index in [9.17, 15) is 0 Å². The molecule has 0 amide bonds. The zero-order valence-electron chi connectivity index (χ0n) is 36.8. The first-order valence-corrected chi connectivity index (χ1v) is 23.2. The molecule has 1 aliphatic rings. The van der Waals surface area contributed by atoms with Crippen LogP contribution in [-0.2, 0) is 5.41 Å². The number of anilines is 3. The molecule has 2 nitrogen and oxygen atoms in total. The molecule has 0 aliphatic heterocycles. The van der Waals surface area contributed by atoms with Crippen LogP contribution in [0.4, 0.5) is 17.1 Å². The van der Waals surface area contributed by atoms with Crippen LogP contribution >= 0.6 is 0 Å². The van der Waals surface area contributed by atoms with Gasteiger partial charge in [-0.05, 0) is 139 Å². The minimum atomic E-state index is -0.507. The molecule has 0 radical (unpaired) electrons. The Hall–Kier alpha value is -8.72. The van der Waals surface area contributed by atoms with Crippen molar-refractivity contribution >= 4 is 49.6 Å². The zero-order valence-corrected chi connectivity index (χ0v) is 36.8. The Bertz CT molecular complexity index is 3740. The summed E-state index contributed by atoms with van der Waals surface area (Å²) in [7, 11) is 0. The molecule has 0 saturated carbocycles. The lowest BCUT2D eigenvalue weighted by Gasteiger charge is -2.35. The summed E-state index contributed by atoms with van der Waals surface area (Å²) in [6, 6.07) is 98.1. The van der Waals surface area contributed by atoms with Gasteiger partial charge in [-0.1, -0.05) is 194 Å². The van der Waals surface area contributed by atoms with Crippen LogP contribution < -0.4 is 4.90 Å². The van der Waals surface area contributed by atoms with E-state index in [0.717, 1.165) is 17.1 Å². The highest BCUT2D eigenvalue weighted by Gasteiger charge is 2.46. The maximum atomic E-state index is 2.46. The molecular formula is C65H44N2. The highest BCUT2D eigenvalue weighted by atomic mass is 15.1. The van der Waals surface area contributed by atoms with Crippen LogP contribution in [0.25, 0.3) is 71.6 Å². The Morgan fingerprint density at radius 2 is 0.806 bits per heavy atom. The van der Waals surface area contributed by atoms with Crippen molar-refractivity contribution in [1.82, 2.24) is 4.57 Å². The van der Waals surface area contributed by atoms with Gasteiger partial charge >= 0.3 is 0 Å². The van der Waals surface area contributed by atoms with Gasteiger partial charge in [-0.15, -0.1) is 0 Å². The number of hydrogen-bond donors (Lipinski definition) is 0. The summed E-state index contributed by atoms with van der Waals surface area (Å²) in [6.07, 6.45) is 0. The molecule has 1 heterocycles. The molecule has 0 atom stereocenters. The molecule has 0 unspecified atom stereocenters. The van der Waals surface area contributed by atoms with Crippen LogP contribution in [0.15, 0.2) is 267 Å². The van der Waals surface area contributed by atoms with Crippen LogP contribution in [0.3, 0.4) is 0 Å². The predicted molar refractivity (Wildman–Crippen MR) is 281 cm³/mol. The smallest absolute Gasteiger partial charge is 0.0714 e. The quantitative estimate of drug-likeness (QED) is 0.148. The maximum Gasteiger partial charge on any atom is 0.0714 e. The van der Waals surface area contributed by atoms with E-state index in [4.69, 9.17) is 0 Å². The molecule has 1 aliphatic carbocycles. The number of rotatable bonds is 8. The van der Waals surface area contributed by atoms with Crippen molar-refractivity contribution in [3.63, 3.8) is 0 Å². The van der Waals surface area contributed by atoms with Gasteiger partial charge in [0.2, 0.25) is 0 Å². The summed E-state index contributed by atoms with van der Waals surface area (Å²) in [4.78, 5) is 2.43. The van der Waals surface area contributed by atoms with Crippen molar-refractivity contribution in [2.45, 2.75) is 5.41 Å². The summed E-state index contributed by atoms with van der Waals surface area (Å²) in [5.74, 6) is 0. The van der Waals surface area contributed by atoms with Crippen molar-refractivity contribution in [3.8, 4) is 39.1 Å². The Kier molecular flexibility index (Phi) is 9.11. The first-order chi connectivity index (χ1) is 33.2. The topological polar surface area (TPSA) is 8.17 Å². The number of aromatic nitrogens is 1. The molecule has 0 fully saturated rings. The SMILES string of the molecule is c1ccc(-c2ccc(N(c3ccc4c(c3)C(c3ccccc3)(c3ccccc3)c3ccccc3-4)c3ccc4cc(-c5ccc6c(c5)c5ccccc5n6-c5ccccc5)ccc4c3)cc2)cc1. The molecule has 314 valence electrons. The number of fused-ring (bicyclic) bond motifs is 7.